The molecule has 1 aliphatic carbocycles. The predicted molar refractivity (Wildman–Crippen MR) is 150 cm³/mol. The average molecular weight is 537 g/mol. The summed E-state index contributed by atoms with van der Waals surface area (Å²) in [5.41, 5.74) is 4.99. The van der Waals surface area contributed by atoms with E-state index in [0.29, 0.717) is 47.0 Å². The number of methoxy groups -OCH3 is 2. The average Bonchev–Trinajstić information content (AvgIpc) is 3.60. The molecule has 2 unspecified atom stereocenters. The fourth-order valence-corrected chi connectivity index (χ4v) is 6.22. The second-order valence-corrected chi connectivity index (χ2v) is 10.3. The van der Waals surface area contributed by atoms with E-state index in [-0.39, 0.29) is 11.8 Å². The van der Waals surface area contributed by atoms with E-state index in [9.17, 15) is 14.7 Å². The first kappa shape index (κ1) is 28.6. The molecule has 9 heteroatoms. The van der Waals surface area contributed by atoms with Gasteiger partial charge < -0.3 is 14.6 Å². The first-order valence-electron chi connectivity index (χ1n) is 13.7. The monoisotopic (exact) mass is 536 g/mol. The fourth-order valence-electron chi connectivity index (χ4n) is 6.22. The number of carbonyl (C=O) groups is 1. The van der Waals surface area contributed by atoms with E-state index in [2.05, 4.69) is 16.4 Å². The SMILES string of the molecule is CCN(CC)C1(C(=O)O)NN(N2CCCC2)C(c2c(OC)cccc2OC)=C1C1=CC=CC(=C=O)C1C(C)C. The summed E-state index contributed by atoms with van der Waals surface area (Å²) in [6.45, 7) is 10.5. The molecule has 210 valence electrons. The Morgan fingerprint density at radius 3 is 2.28 bits per heavy atom. The first-order chi connectivity index (χ1) is 18.8. The number of nitrogens with zero attached hydrogens (tertiary/aromatic N) is 3. The maximum absolute atomic E-state index is 13.6. The van der Waals surface area contributed by atoms with E-state index in [4.69, 9.17) is 9.47 Å². The molecule has 2 N–H and O–H groups in total. The van der Waals surface area contributed by atoms with Gasteiger partial charge in [-0.1, -0.05) is 45.9 Å². The highest BCUT2D eigenvalue weighted by atomic mass is 16.5. The number of rotatable bonds is 10. The van der Waals surface area contributed by atoms with Crippen LogP contribution in [-0.4, -0.2) is 78.1 Å². The molecular weight excluding hydrogens is 496 g/mol. The number of carboxylic acid groups (broad SMARTS) is 1. The Morgan fingerprint density at radius 1 is 1.18 bits per heavy atom. The van der Waals surface area contributed by atoms with E-state index in [0.717, 1.165) is 31.5 Å². The summed E-state index contributed by atoms with van der Waals surface area (Å²) < 4.78 is 11.7. The van der Waals surface area contributed by atoms with Gasteiger partial charge in [-0.3, -0.25) is 4.90 Å². The summed E-state index contributed by atoms with van der Waals surface area (Å²) in [6, 6.07) is 5.56. The van der Waals surface area contributed by atoms with Crippen LogP contribution in [-0.2, 0) is 9.59 Å². The third-order valence-electron chi connectivity index (χ3n) is 7.95. The van der Waals surface area contributed by atoms with Gasteiger partial charge in [-0.15, -0.1) is 0 Å². The third kappa shape index (κ3) is 4.70. The van der Waals surface area contributed by atoms with Gasteiger partial charge in [0.25, 0.3) is 0 Å². The Morgan fingerprint density at radius 2 is 1.79 bits per heavy atom. The van der Waals surface area contributed by atoms with Gasteiger partial charge in [0.05, 0.1) is 25.5 Å². The lowest BCUT2D eigenvalue weighted by Crippen LogP contribution is -2.67. The number of hydrogen-bond donors (Lipinski definition) is 2. The van der Waals surface area contributed by atoms with Crippen molar-refractivity contribution in [1.29, 1.82) is 0 Å². The van der Waals surface area contributed by atoms with Crippen LogP contribution in [0.3, 0.4) is 0 Å². The van der Waals surface area contributed by atoms with Crippen molar-refractivity contribution in [3.05, 3.63) is 58.7 Å². The highest BCUT2D eigenvalue weighted by Gasteiger charge is 2.58. The van der Waals surface area contributed by atoms with Gasteiger partial charge in [0.2, 0.25) is 5.66 Å². The quantitative estimate of drug-likeness (QED) is 0.432. The second-order valence-electron chi connectivity index (χ2n) is 10.3. The number of allylic oxidation sites excluding steroid dienone is 4. The van der Waals surface area contributed by atoms with Crippen molar-refractivity contribution in [2.24, 2.45) is 11.8 Å². The molecule has 2 atom stereocenters. The zero-order valence-corrected chi connectivity index (χ0v) is 23.8. The van der Waals surface area contributed by atoms with E-state index >= 15 is 0 Å². The molecule has 0 radical (unpaired) electrons. The van der Waals surface area contributed by atoms with Gasteiger partial charge in [0, 0.05) is 30.2 Å². The summed E-state index contributed by atoms with van der Waals surface area (Å²) in [5, 5.41) is 15.2. The van der Waals surface area contributed by atoms with Gasteiger partial charge in [0.1, 0.15) is 17.4 Å². The summed E-state index contributed by atoms with van der Waals surface area (Å²) >= 11 is 0. The van der Waals surface area contributed by atoms with Crippen LogP contribution in [0.2, 0.25) is 0 Å². The fraction of sp³-hybridized carbons (Fsp3) is 0.500. The van der Waals surface area contributed by atoms with Gasteiger partial charge in [0.15, 0.2) is 0 Å². The Hall–Kier alpha value is -3.36. The molecule has 0 bridgehead atoms. The van der Waals surface area contributed by atoms with Crippen LogP contribution in [0.1, 0.15) is 46.1 Å². The molecule has 0 spiro atoms. The molecule has 1 aromatic rings. The number of carbonyl (C=O) groups excluding carboxylic acids is 1. The summed E-state index contributed by atoms with van der Waals surface area (Å²) in [5.74, 6) is 1.89. The lowest BCUT2D eigenvalue weighted by atomic mass is 9.73. The zero-order chi connectivity index (χ0) is 28.3. The lowest BCUT2D eigenvalue weighted by Gasteiger charge is -2.42. The molecule has 1 saturated heterocycles. The number of carboxylic acids is 1. The Balaban J connectivity index is 2.21. The minimum absolute atomic E-state index is 0.00926. The van der Waals surface area contributed by atoms with Crippen molar-refractivity contribution >= 4 is 17.6 Å². The summed E-state index contributed by atoms with van der Waals surface area (Å²) in [6.07, 6.45) is 7.51. The topological polar surface area (TPSA) is 94.6 Å². The van der Waals surface area contributed by atoms with Crippen LogP contribution in [0.15, 0.2) is 53.1 Å². The Labute approximate surface area is 231 Å². The third-order valence-corrected chi connectivity index (χ3v) is 7.95. The minimum atomic E-state index is -1.62. The predicted octanol–water partition coefficient (Wildman–Crippen LogP) is 3.90. The van der Waals surface area contributed by atoms with Crippen LogP contribution in [0.5, 0.6) is 11.5 Å². The van der Waals surface area contributed by atoms with Crippen LogP contribution in [0, 0.1) is 11.8 Å². The Kier molecular flexibility index (Phi) is 8.67. The lowest BCUT2D eigenvalue weighted by molar-refractivity contribution is -0.156. The number of hydrogen-bond acceptors (Lipinski definition) is 8. The van der Waals surface area contributed by atoms with Crippen molar-refractivity contribution in [2.45, 2.75) is 46.2 Å². The van der Waals surface area contributed by atoms with E-state index in [1.807, 2.05) is 68.1 Å². The standard InChI is InChI=1S/C30H40N4O5/c1-7-32(8-2)30(29(36)37)27(22-14-11-13-21(19-35)25(22)20(3)4)28(34(31-30)33-17-9-10-18-33)26-23(38-5)15-12-16-24(26)39-6/h11-16,20,25,31H,7-10,17-18H2,1-6H3,(H,36,37). The first-order valence-corrected chi connectivity index (χ1v) is 13.7. The van der Waals surface area contributed by atoms with Gasteiger partial charge in [-0.05, 0) is 55.6 Å². The van der Waals surface area contributed by atoms with Crippen molar-refractivity contribution < 1.29 is 24.2 Å². The molecule has 4 rings (SSSR count). The van der Waals surface area contributed by atoms with Gasteiger partial charge >= 0.3 is 5.97 Å². The number of nitrogens with one attached hydrogen (secondary N) is 1. The number of ether oxygens (including phenoxy) is 2. The smallest absolute Gasteiger partial charge is 0.345 e. The molecule has 1 fully saturated rings. The van der Waals surface area contributed by atoms with Crippen molar-refractivity contribution in [2.75, 3.05) is 40.4 Å². The van der Waals surface area contributed by atoms with E-state index < -0.39 is 11.6 Å². The number of aliphatic carboxylic acids is 1. The van der Waals surface area contributed by atoms with Gasteiger partial charge in [-0.25, -0.2) is 19.7 Å². The highest BCUT2D eigenvalue weighted by Crippen LogP contribution is 2.51. The number of likely N-dealkylation sites (N-methyl/N-ethyl adjacent to an activating group) is 1. The molecule has 0 aromatic heterocycles. The van der Waals surface area contributed by atoms with Gasteiger partial charge in [-0.2, -0.15) is 5.43 Å². The summed E-state index contributed by atoms with van der Waals surface area (Å²) in [7, 11) is 3.20. The normalized spacial score (nSPS) is 23.6. The summed E-state index contributed by atoms with van der Waals surface area (Å²) in [4.78, 5) is 27.7. The molecule has 9 nitrogen and oxygen atoms in total. The molecule has 1 aromatic carbocycles. The maximum atomic E-state index is 13.6. The number of benzene rings is 1. The molecular formula is C30H40N4O5. The van der Waals surface area contributed by atoms with Crippen molar-refractivity contribution in [3.8, 4) is 11.5 Å². The van der Waals surface area contributed by atoms with Crippen molar-refractivity contribution in [3.63, 3.8) is 0 Å². The van der Waals surface area contributed by atoms with E-state index in [1.165, 1.54) is 0 Å². The molecule has 2 heterocycles. The van der Waals surface area contributed by atoms with E-state index in [1.54, 1.807) is 20.3 Å². The molecule has 0 saturated carbocycles. The van der Waals surface area contributed by atoms with Crippen LogP contribution >= 0.6 is 0 Å². The highest BCUT2D eigenvalue weighted by molar-refractivity contribution is 5.94. The number of hydrazine groups is 2. The maximum Gasteiger partial charge on any atom is 0.345 e. The largest absolute Gasteiger partial charge is 0.496 e. The van der Waals surface area contributed by atoms with Crippen LogP contribution < -0.4 is 14.9 Å². The molecule has 2 aliphatic heterocycles. The van der Waals surface area contributed by atoms with Crippen LogP contribution in [0.4, 0.5) is 0 Å². The molecule has 39 heavy (non-hydrogen) atoms. The van der Waals surface area contributed by atoms with Crippen molar-refractivity contribution in [1.82, 2.24) is 20.5 Å². The minimum Gasteiger partial charge on any atom is -0.496 e. The molecule has 0 amide bonds. The molecule has 3 aliphatic rings. The van der Waals surface area contributed by atoms with Crippen LogP contribution in [0.25, 0.3) is 5.70 Å². The Bertz CT molecular complexity index is 1210. The second kappa shape index (κ2) is 11.8. The zero-order valence-electron chi connectivity index (χ0n) is 23.8.